The van der Waals surface area contributed by atoms with Crippen LogP contribution < -0.4 is 0 Å². The van der Waals surface area contributed by atoms with Gasteiger partial charge in [-0.05, 0) is 23.8 Å². The van der Waals surface area contributed by atoms with Crippen molar-refractivity contribution in [3.63, 3.8) is 0 Å². The topological polar surface area (TPSA) is 53.1 Å². The zero-order valence-corrected chi connectivity index (χ0v) is 10.6. The summed E-state index contributed by atoms with van der Waals surface area (Å²) in [6.45, 7) is 0. The van der Waals surface area contributed by atoms with Crippen LogP contribution in [0.2, 0.25) is 5.02 Å². The maximum atomic E-state index is 11.4. The Hall–Kier alpha value is -2.26. The number of nitrogens with one attached hydrogen (secondary N) is 1. The van der Waals surface area contributed by atoms with Crippen LogP contribution in [0.3, 0.4) is 0 Å². The van der Waals surface area contributed by atoms with E-state index in [0.29, 0.717) is 10.6 Å². The average Bonchev–Trinajstić information content (AvgIpc) is 2.79. The summed E-state index contributed by atoms with van der Waals surface area (Å²) >= 11 is 5.87. The molecule has 94 valence electrons. The Morgan fingerprint density at radius 1 is 1.05 bits per heavy atom. The molecule has 0 bridgehead atoms. The van der Waals surface area contributed by atoms with Crippen molar-refractivity contribution in [1.82, 2.24) is 4.98 Å². The number of hydrogen-bond donors (Lipinski definition) is 2. The van der Waals surface area contributed by atoms with E-state index < -0.39 is 5.97 Å². The molecule has 3 aromatic rings. The summed E-state index contributed by atoms with van der Waals surface area (Å²) in [7, 11) is 0. The minimum atomic E-state index is -0.971. The van der Waals surface area contributed by atoms with Gasteiger partial charge in [0.1, 0.15) is 5.69 Å². The van der Waals surface area contributed by atoms with E-state index in [1.54, 1.807) is 12.1 Å². The molecule has 0 fully saturated rings. The maximum Gasteiger partial charge on any atom is 0.352 e. The summed E-state index contributed by atoms with van der Waals surface area (Å²) in [4.78, 5) is 14.3. The van der Waals surface area contributed by atoms with Gasteiger partial charge in [-0.3, -0.25) is 0 Å². The molecule has 0 spiro atoms. The zero-order chi connectivity index (χ0) is 13.4. The van der Waals surface area contributed by atoms with Gasteiger partial charge in [-0.25, -0.2) is 4.79 Å². The molecule has 2 N–H and O–H groups in total. The third-order valence-electron chi connectivity index (χ3n) is 3.05. The Morgan fingerprint density at radius 2 is 1.74 bits per heavy atom. The van der Waals surface area contributed by atoms with Crippen LogP contribution in [0.15, 0.2) is 48.5 Å². The summed E-state index contributed by atoms with van der Waals surface area (Å²) in [6, 6.07) is 14.7. The number of para-hydroxylation sites is 1. The number of carbonyl (C=O) groups is 1. The molecule has 4 heteroatoms. The molecule has 19 heavy (non-hydrogen) atoms. The molecule has 0 atom stereocenters. The molecule has 0 saturated heterocycles. The predicted octanol–water partition coefficient (Wildman–Crippen LogP) is 4.19. The molecule has 0 saturated carbocycles. The number of benzene rings is 2. The van der Waals surface area contributed by atoms with Gasteiger partial charge in [-0.15, -0.1) is 0 Å². The second-order valence-electron chi connectivity index (χ2n) is 4.23. The summed E-state index contributed by atoms with van der Waals surface area (Å²) in [5.74, 6) is -0.971. The maximum absolute atomic E-state index is 11.4. The number of hydrogen-bond acceptors (Lipinski definition) is 1. The number of aromatic amines is 1. The van der Waals surface area contributed by atoms with Gasteiger partial charge in [0.2, 0.25) is 0 Å². The predicted molar refractivity (Wildman–Crippen MR) is 75.7 cm³/mol. The molecular weight excluding hydrogens is 262 g/mol. The number of carboxylic acid groups (broad SMARTS) is 1. The van der Waals surface area contributed by atoms with E-state index >= 15 is 0 Å². The van der Waals surface area contributed by atoms with E-state index in [1.165, 1.54) is 0 Å². The molecule has 3 rings (SSSR count). The van der Waals surface area contributed by atoms with Crippen LogP contribution in [0.5, 0.6) is 0 Å². The molecule has 2 aromatic carbocycles. The van der Waals surface area contributed by atoms with Crippen molar-refractivity contribution >= 4 is 28.5 Å². The normalized spacial score (nSPS) is 10.8. The number of aromatic carboxylic acids is 1. The molecule has 1 heterocycles. The first-order chi connectivity index (χ1) is 9.16. The lowest BCUT2D eigenvalue weighted by Crippen LogP contribution is -1.98. The van der Waals surface area contributed by atoms with Crippen LogP contribution in [-0.2, 0) is 0 Å². The number of rotatable bonds is 2. The highest BCUT2D eigenvalue weighted by molar-refractivity contribution is 6.30. The van der Waals surface area contributed by atoms with Gasteiger partial charge in [0, 0.05) is 21.5 Å². The average molecular weight is 272 g/mol. The van der Waals surface area contributed by atoms with Crippen molar-refractivity contribution in [2.24, 2.45) is 0 Å². The van der Waals surface area contributed by atoms with Crippen molar-refractivity contribution in [3.8, 4) is 11.1 Å². The first-order valence-electron chi connectivity index (χ1n) is 5.77. The summed E-state index contributed by atoms with van der Waals surface area (Å²) in [6.07, 6.45) is 0. The van der Waals surface area contributed by atoms with Crippen LogP contribution in [-0.4, -0.2) is 16.1 Å². The van der Waals surface area contributed by atoms with Crippen LogP contribution in [0, 0.1) is 0 Å². The smallest absolute Gasteiger partial charge is 0.352 e. The van der Waals surface area contributed by atoms with Crippen molar-refractivity contribution in [2.45, 2.75) is 0 Å². The molecule has 1 aromatic heterocycles. The monoisotopic (exact) mass is 271 g/mol. The Bertz CT molecular complexity index is 759. The second kappa shape index (κ2) is 4.44. The van der Waals surface area contributed by atoms with Crippen LogP contribution in [0.1, 0.15) is 10.5 Å². The Labute approximate surface area is 114 Å². The number of carboxylic acids is 1. The zero-order valence-electron chi connectivity index (χ0n) is 9.85. The standard InChI is InChI=1S/C15H10ClNO2/c16-10-7-5-9(6-8-10)13-11-3-1-2-4-12(11)17-14(13)15(18)19/h1-8,17H,(H,18,19). The lowest BCUT2D eigenvalue weighted by atomic mass is 10.0. The number of H-pyrrole nitrogens is 1. The summed E-state index contributed by atoms with van der Waals surface area (Å²) < 4.78 is 0. The van der Waals surface area contributed by atoms with Gasteiger partial charge in [0.15, 0.2) is 0 Å². The van der Waals surface area contributed by atoms with Crippen LogP contribution in [0.4, 0.5) is 0 Å². The van der Waals surface area contributed by atoms with E-state index in [4.69, 9.17) is 11.6 Å². The van der Waals surface area contributed by atoms with Gasteiger partial charge in [-0.2, -0.15) is 0 Å². The molecule has 0 radical (unpaired) electrons. The van der Waals surface area contributed by atoms with E-state index in [9.17, 15) is 9.90 Å². The van der Waals surface area contributed by atoms with Gasteiger partial charge < -0.3 is 10.1 Å². The minimum absolute atomic E-state index is 0.198. The SMILES string of the molecule is O=C(O)c1[nH]c2ccccc2c1-c1ccc(Cl)cc1. The largest absolute Gasteiger partial charge is 0.477 e. The minimum Gasteiger partial charge on any atom is -0.477 e. The number of fused-ring (bicyclic) bond motifs is 1. The third-order valence-corrected chi connectivity index (χ3v) is 3.30. The Balaban J connectivity index is 2.34. The highest BCUT2D eigenvalue weighted by Gasteiger charge is 2.17. The van der Waals surface area contributed by atoms with E-state index in [1.807, 2.05) is 36.4 Å². The lowest BCUT2D eigenvalue weighted by Gasteiger charge is -2.02. The van der Waals surface area contributed by atoms with Crippen LogP contribution >= 0.6 is 11.6 Å². The molecule has 0 amide bonds. The highest BCUT2D eigenvalue weighted by Crippen LogP contribution is 2.33. The van der Waals surface area contributed by atoms with Gasteiger partial charge >= 0.3 is 5.97 Å². The fraction of sp³-hybridized carbons (Fsp3) is 0. The van der Waals surface area contributed by atoms with Crippen molar-refractivity contribution in [2.75, 3.05) is 0 Å². The van der Waals surface area contributed by atoms with Crippen molar-refractivity contribution in [3.05, 3.63) is 59.2 Å². The highest BCUT2D eigenvalue weighted by atomic mass is 35.5. The van der Waals surface area contributed by atoms with Crippen molar-refractivity contribution < 1.29 is 9.90 Å². The molecule has 3 nitrogen and oxygen atoms in total. The Morgan fingerprint density at radius 3 is 2.42 bits per heavy atom. The molecule has 0 aliphatic heterocycles. The number of aromatic nitrogens is 1. The fourth-order valence-corrected chi connectivity index (χ4v) is 2.34. The number of halogens is 1. The lowest BCUT2D eigenvalue weighted by molar-refractivity contribution is 0.0692. The first-order valence-corrected chi connectivity index (χ1v) is 6.14. The molecule has 0 unspecified atom stereocenters. The van der Waals surface area contributed by atoms with Gasteiger partial charge in [0.05, 0.1) is 0 Å². The van der Waals surface area contributed by atoms with Gasteiger partial charge in [-0.1, -0.05) is 41.9 Å². The second-order valence-corrected chi connectivity index (χ2v) is 4.67. The van der Waals surface area contributed by atoms with Gasteiger partial charge in [0.25, 0.3) is 0 Å². The fourth-order valence-electron chi connectivity index (χ4n) is 2.22. The quantitative estimate of drug-likeness (QED) is 0.734. The molecule has 0 aliphatic carbocycles. The Kier molecular flexibility index (Phi) is 2.76. The summed E-state index contributed by atoms with van der Waals surface area (Å²) in [5, 5.41) is 10.8. The molecular formula is C15H10ClNO2. The van der Waals surface area contributed by atoms with Crippen LogP contribution in [0.25, 0.3) is 22.0 Å². The van der Waals surface area contributed by atoms with E-state index in [0.717, 1.165) is 16.5 Å². The van der Waals surface area contributed by atoms with E-state index in [-0.39, 0.29) is 5.69 Å². The third kappa shape index (κ3) is 1.98. The molecule has 0 aliphatic rings. The first kappa shape index (κ1) is 11.8. The van der Waals surface area contributed by atoms with E-state index in [2.05, 4.69) is 4.98 Å². The summed E-state index contributed by atoms with van der Waals surface area (Å²) in [5.41, 5.74) is 2.53. The van der Waals surface area contributed by atoms with Crippen molar-refractivity contribution in [1.29, 1.82) is 0 Å².